The summed E-state index contributed by atoms with van der Waals surface area (Å²) in [4.78, 5) is 11.9. The molecule has 5 heteroatoms. The summed E-state index contributed by atoms with van der Waals surface area (Å²) in [5.41, 5.74) is 3.98. The number of nitrogens with zero attached hydrogens (tertiary/aromatic N) is 2. The van der Waals surface area contributed by atoms with Gasteiger partial charge in [-0.2, -0.15) is 10.4 Å². The van der Waals surface area contributed by atoms with Crippen molar-refractivity contribution in [1.82, 2.24) is 5.43 Å². The first-order valence-electron chi connectivity index (χ1n) is 6.02. The zero-order valence-electron chi connectivity index (χ0n) is 11.2. The zero-order chi connectivity index (χ0) is 14.5. The zero-order valence-corrected chi connectivity index (χ0v) is 11.2. The van der Waals surface area contributed by atoms with E-state index in [4.69, 9.17) is 9.68 Å². The van der Waals surface area contributed by atoms with Gasteiger partial charge in [0.2, 0.25) is 0 Å². The SMILES string of the molecule is C/C(=N/NC(=O)c1ccc(C#N)cc1)c1ccc(C)o1. The highest BCUT2D eigenvalue weighted by molar-refractivity contribution is 5.99. The molecule has 0 unspecified atom stereocenters. The number of nitriles is 1. The van der Waals surface area contributed by atoms with Crippen LogP contribution in [0.3, 0.4) is 0 Å². The lowest BCUT2D eigenvalue weighted by molar-refractivity contribution is 0.0955. The van der Waals surface area contributed by atoms with Crippen molar-refractivity contribution in [3.63, 3.8) is 0 Å². The van der Waals surface area contributed by atoms with Gasteiger partial charge in [-0.1, -0.05) is 0 Å². The number of furan rings is 1. The largest absolute Gasteiger partial charge is 0.460 e. The molecule has 2 aromatic rings. The first-order chi connectivity index (χ1) is 9.60. The molecular formula is C15H13N3O2. The van der Waals surface area contributed by atoms with Crippen LogP contribution in [0.25, 0.3) is 0 Å². The van der Waals surface area contributed by atoms with Gasteiger partial charge in [-0.25, -0.2) is 5.43 Å². The number of carbonyl (C=O) groups excluding carboxylic acids is 1. The third-order valence-electron chi connectivity index (χ3n) is 2.70. The van der Waals surface area contributed by atoms with Crippen molar-refractivity contribution in [1.29, 1.82) is 5.26 Å². The van der Waals surface area contributed by atoms with E-state index in [9.17, 15) is 4.79 Å². The molecule has 1 N–H and O–H groups in total. The molecule has 0 saturated heterocycles. The topological polar surface area (TPSA) is 78.4 Å². The quantitative estimate of drug-likeness (QED) is 0.685. The molecule has 0 spiro atoms. The van der Waals surface area contributed by atoms with Gasteiger partial charge in [-0.05, 0) is 50.2 Å². The van der Waals surface area contributed by atoms with Crippen molar-refractivity contribution < 1.29 is 9.21 Å². The number of hydrazone groups is 1. The monoisotopic (exact) mass is 267 g/mol. The van der Waals surface area contributed by atoms with E-state index < -0.39 is 0 Å². The Balaban J connectivity index is 2.06. The summed E-state index contributed by atoms with van der Waals surface area (Å²) in [5.74, 6) is 1.06. The van der Waals surface area contributed by atoms with Crippen molar-refractivity contribution >= 4 is 11.6 Å². The van der Waals surface area contributed by atoms with Crippen LogP contribution in [-0.4, -0.2) is 11.6 Å². The van der Waals surface area contributed by atoms with Gasteiger partial charge >= 0.3 is 0 Å². The summed E-state index contributed by atoms with van der Waals surface area (Å²) in [5, 5.41) is 12.7. The lowest BCUT2D eigenvalue weighted by atomic mass is 10.1. The minimum Gasteiger partial charge on any atom is -0.460 e. The Hall–Kier alpha value is -2.87. The molecule has 0 saturated carbocycles. The summed E-state index contributed by atoms with van der Waals surface area (Å²) in [6.07, 6.45) is 0. The van der Waals surface area contributed by atoms with E-state index in [1.54, 1.807) is 37.3 Å². The van der Waals surface area contributed by atoms with Crippen molar-refractivity contribution in [2.45, 2.75) is 13.8 Å². The molecule has 5 nitrogen and oxygen atoms in total. The first kappa shape index (κ1) is 13.6. The fraction of sp³-hybridized carbons (Fsp3) is 0.133. The fourth-order valence-electron chi connectivity index (χ4n) is 1.58. The molecule has 100 valence electrons. The second-order valence-electron chi connectivity index (χ2n) is 4.24. The fourth-order valence-corrected chi connectivity index (χ4v) is 1.58. The normalized spacial score (nSPS) is 10.9. The first-order valence-corrected chi connectivity index (χ1v) is 6.02. The number of amides is 1. The molecule has 0 aliphatic carbocycles. The Bertz CT molecular complexity index is 691. The lowest BCUT2D eigenvalue weighted by Gasteiger charge is -2.01. The highest BCUT2D eigenvalue weighted by Crippen LogP contribution is 2.07. The third-order valence-corrected chi connectivity index (χ3v) is 2.70. The van der Waals surface area contributed by atoms with E-state index in [1.807, 2.05) is 19.1 Å². The van der Waals surface area contributed by atoms with Gasteiger partial charge in [0.05, 0.1) is 11.6 Å². The molecule has 0 atom stereocenters. The van der Waals surface area contributed by atoms with E-state index in [0.29, 0.717) is 22.6 Å². The maximum absolute atomic E-state index is 11.9. The third kappa shape index (κ3) is 3.12. The van der Waals surface area contributed by atoms with E-state index in [-0.39, 0.29) is 5.91 Å². The van der Waals surface area contributed by atoms with Crippen LogP contribution in [0.4, 0.5) is 0 Å². The maximum Gasteiger partial charge on any atom is 0.271 e. The van der Waals surface area contributed by atoms with E-state index >= 15 is 0 Å². The van der Waals surface area contributed by atoms with Gasteiger partial charge in [0, 0.05) is 5.56 Å². The predicted molar refractivity (Wildman–Crippen MR) is 74.3 cm³/mol. The lowest BCUT2D eigenvalue weighted by Crippen LogP contribution is -2.19. The second kappa shape index (κ2) is 5.85. The summed E-state index contributed by atoms with van der Waals surface area (Å²) < 4.78 is 5.40. The molecular weight excluding hydrogens is 254 g/mol. The summed E-state index contributed by atoms with van der Waals surface area (Å²) >= 11 is 0. The van der Waals surface area contributed by atoms with Crippen molar-refractivity contribution in [2.75, 3.05) is 0 Å². The van der Waals surface area contributed by atoms with Crippen molar-refractivity contribution in [3.8, 4) is 6.07 Å². The molecule has 2 rings (SSSR count). The van der Waals surface area contributed by atoms with Crippen molar-refractivity contribution in [2.24, 2.45) is 5.10 Å². The molecule has 0 radical (unpaired) electrons. The molecule has 0 bridgehead atoms. The Morgan fingerprint density at radius 3 is 2.50 bits per heavy atom. The maximum atomic E-state index is 11.9. The average molecular weight is 267 g/mol. The summed E-state index contributed by atoms with van der Waals surface area (Å²) in [6, 6.07) is 11.9. The predicted octanol–water partition coefficient (Wildman–Crippen LogP) is 2.61. The van der Waals surface area contributed by atoms with E-state index in [2.05, 4.69) is 10.5 Å². The van der Waals surface area contributed by atoms with Crippen LogP contribution < -0.4 is 5.43 Å². The second-order valence-corrected chi connectivity index (χ2v) is 4.24. The number of benzene rings is 1. The van der Waals surface area contributed by atoms with Crippen LogP contribution in [0.2, 0.25) is 0 Å². The Morgan fingerprint density at radius 2 is 1.95 bits per heavy atom. The van der Waals surface area contributed by atoms with Crippen LogP contribution in [0.1, 0.15) is 34.4 Å². The number of aryl methyl sites for hydroxylation is 1. The molecule has 0 fully saturated rings. The van der Waals surface area contributed by atoms with E-state index in [0.717, 1.165) is 5.76 Å². The number of hydrogen-bond acceptors (Lipinski definition) is 4. The van der Waals surface area contributed by atoms with Gasteiger partial charge < -0.3 is 4.42 Å². The number of carbonyl (C=O) groups is 1. The Morgan fingerprint density at radius 1 is 1.25 bits per heavy atom. The molecule has 20 heavy (non-hydrogen) atoms. The van der Waals surface area contributed by atoms with Crippen LogP contribution in [0.5, 0.6) is 0 Å². The minimum absolute atomic E-state index is 0.336. The van der Waals surface area contributed by atoms with Crippen LogP contribution in [0.15, 0.2) is 45.9 Å². The molecule has 1 aromatic carbocycles. The number of rotatable bonds is 3. The van der Waals surface area contributed by atoms with Crippen molar-refractivity contribution in [3.05, 3.63) is 59.0 Å². The number of hydrogen-bond donors (Lipinski definition) is 1. The van der Waals surface area contributed by atoms with Gasteiger partial charge in [0.1, 0.15) is 17.2 Å². The van der Waals surface area contributed by atoms with Crippen LogP contribution in [-0.2, 0) is 0 Å². The van der Waals surface area contributed by atoms with Crippen LogP contribution in [0, 0.1) is 18.3 Å². The highest BCUT2D eigenvalue weighted by Gasteiger charge is 2.06. The Labute approximate surface area is 116 Å². The highest BCUT2D eigenvalue weighted by atomic mass is 16.3. The van der Waals surface area contributed by atoms with Gasteiger partial charge in [-0.3, -0.25) is 4.79 Å². The molecule has 1 heterocycles. The summed E-state index contributed by atoms with van der Waals surface area (Å²) in [6.45, 7) is 3.59. The molecule has 0 aliphatic rings. The minimum atomic E-state index is -0.336. The smallest absolute Gasteiger partial charge is 0.271 e. The Kier molecular flexibility index (Phi) is 3.96. The molecule has 0 aliphatic heterocycles. The van der Waals surface area contributed by atoms with Gasteiger partial charge in [0.15, 0.2) is 0 Å². The number of nitrogens with one attached hydrogen (secondary N) is 1. The average Bonchev–Trinajstić information content (AvgIpc) is 2.91. The molecule has 1 amide bonds. The van der Waals surface area contributed by atoms with E-state index in [1.165, 1.54) is 0 Å². The van der Waals surface area contributed by atoms with Gasteiger partial charge in [0.25, 0.3) is 5.91 Å². The standard InChI is InChI=1S/C15H13N3O2/c1-10-3-8-14(20-10)11(2)17-18-15(19)13-6-4-12(9-16)5-7-13/h3-8H,1-2H3,(H,18,19)/b17-11-. The van der Waals surface area contributed by atoms with Crippen LogP contribution >= 0.6 is 0 Å². The molecule has 1 aromatic heterocycles. The van der Waals surface area contributed by atoms with Gasteiger partial charge in [-0.15, -0.1) is 0 Å². The summed E-state index contributed by atoms with van der Waals surface area (Å²) in [7, 11) is 0.